The maximum absolute atomic E-state index is 13.3. The number of fused-ring (bicyclic) bond motifs is 2. The molecule has 3 aromatic rings. The Morgan fingerprint density at radius 3 is 2.74 bits per heavy atom. The van der Waals surface area contributed by atoms with Crippen molar-refractivity contribution in [3.05, 3.63) is 71.2 Å². The van der Waals surface area contributed by atoms with Crippen LogP contribution in [0.2, 0.25) is 12.6 Å². The van der Waals surface area contributed by atoms with E-state index in [1.807, 2.05) is 21.9 Å². The molecule has 4 heterocycles. The van der Waals surface area contributed by atoms with E-state index in [0.717, 1.165) is 48.7 Å². The third-order valence-electron chi connectivity index (χ3n) is 8.27. The van der Waals surface area contributed by atoms with Gasteiger partial charge in [0.1, 0.15) is 17.8 Å². The number of carbonyl (C=O) groups excluding carboxylic acids is 2. The second kappa shape index (κ2) is 10.4. The monoisotopic (exact) mass is 527 g/mol. The Morgan fingerprint density at radius 1 is 1.05 bits per heavy atom. The number of phenols is 1. The van der Waals surface area contributed by atoms with Gasteiger partial charge in [-0.15, -0.1) is 9.24 Å². The first-order chi connectivity index (χ1) is 18.5. The third-order valence-corrected chi connectivity index (χ3v) is 8.81. The van der Waals surface area contributed by atoms with Crippen LogP contribution >= 0.6 is 9.24 Å². The van der Waals surface area contributed by atoms with Crippen molar-refractivity contribution in [1.82, 2.24) is 19.8 Å². The number of anilines is 1. The van der Waals surface area contributed by atoms with E-state index in [4.69, 9.17) is 0 Å². The minimum Gasteiger partial charge on any atom is -0.508 e. The van der Waals surface area contributed by atoms with E-state index in [-0.39, 0.29) is 30.4 Å². The van der Waals surface area contributed by atoms with Gasteiger partial charge in [-0.25, -0.2) is 9.78 Å². The first kappa shape index (κ1) is 24.9. The lowest BCUT2D eigenvalue weighted by atomic mass is 9.39. The van der Waals surface area contributed by atoms with Crippen molar-refractivity contribution in [2.45, 2.75) is 50.9 Å². The molecule has 0 saturated carbocycles. The Bertz CT molecular complexity index is 1390. The molecule has 6 rings (SSSR count). The number of carbonyl (C=O) groups is 2. The highest BCUT2D eigenvalue weighted by molar-refractivity contribution is 7.27. The zero-order valence-corrected chi connectivity index (χ0v) is 22.4. The van der Waals surface area contributed by atoms with Crippen molar-refractivity contribution in [2.75, 3.05) is 18.4 Å². The van der Waals surface area contributed by atoms with Gasteiger partial charge in [0.2, 0.25) is 6.71 Å². The summed E-state index contributed by atoms with van der Waals surface area (Å²) < 4.78 is 0. The largest absolute Gasteiger partial charge is 0.508 e. The van der Waals surface area contributed by atoms with Gasteiger partial charge in [0.15, 0.2) is 0 Å². The summed E-state index contributed by atoms with van der Waals surface area (Å²) in [4.78, 5) is 39.0. The van der Waals surface area contributed by atoms with Crippen molar-refractivity contribution in [3.63, 3.8) is 0 Å². The second-order valence-electron chi connectivity index (χ2n) is 10.5. The summed E-state index contributed by atoms with van der Waals surface area (Å²) >= 11 is 0. The number of phenolic OH excluding ortho intramolecular Hbond substituents is 1. The average Bonchev–Trinajstić information content (AvgIpc) is 3.10. The molecule has 2 N–H and O–H groups in total. The van der Waals surface area contributed by atoms with Gasteiger partial charge in [-0.1, -0.05) is 30.8 Å². The summed E-state index contributed by atoms with van der Waals surface area (Å²) in [6.07, 6.45) is 6.64. The van der Waals surface area contributed by atoms with Crippen LogP contribution in [0.15, 0.2) is 48.8 Å². The molecule has 1 atom stereocenters. The van der Waals surface area contributed by atoms with Gasteiger partial charge >= 0.3 is 6.03 Å². The molecule has 0 aliphatic carbocycles. The summed E-state index contributed by atoms with van der Waals surface area (Å²) in [5.74, 6) is 0.169. The van der Waals surface area contributed by atoms with Crippen LogP contribution in [0.25, 0.3) is 0 Å². The quantitative estimate of drug-likeness (QED) is 0.310. The summed E-state index contributed by atoms with van der Waals surface area (Å²) in [5, 5.41) is 14.0. The van der Waals surface area contributed by atoms with Crippen LogP contribution in [0.4, 0.5) is 10.5 Å². The first-order valence-corrected chi connectivity index (χ1v) is 13.9. The number of benzene rings is 2. The number of hydrogen-bond donors (Lipinski definition) is 2. The number of aromatic hydroxyl groups is 1. The highest BCUT2D eigenvalue weighted by Crippen LogP contribution is 2.29. The maximum atomic E-state index is 13.3. The summed E-state index contributed by atoms with van der Waals surface area (Å²) in [5.41, 5.74) is 5.61. The molecule has 1 aromatic heterocycles. The Kier molecular flexibility index (Phi) is 6.79. The fourth-order valence-corrected chi connectivity index (χ4v) is 6.60. The van der Waals surface area contributed by atoms with Gasteiger partial charge in [-0.3, -0.25) is 9.78 Å². The fraction of sp³-hybridized carbons (Fsp3) is 0.357. The van der Waals surface area contributed by atoms with Crippen LogP contribution in [0.1, 0.15) is 40.0 Å². The Balaban J connectivity index is 1.09. The molecule has 10 heteroatoms. The standard InChI is InChI=1S/C28H31BN5O3P/c35-21-4-5-23-18(14-21)8-13-34(28(37)32-23)20-6-10-29(11-7-20)26-15-24(30-17-31-26)27(36)33-12-9-22-19(16-33)2-1-3-25(22)38/h1-5,14-15,17,20,35H,6-13,16,38H2,(H,32,37). The lowest BCUT2D eigenvalue weighted by Crippen LogP contribution is -2.47. The number of urea groups is 1. The van der Waals surface area contributed by atoms with Crippen LogP contribution < -0.4 is 16.2 Å². The molecule has 8 nitrogen and oxygen atoms in total. The molecule has 3 amide bonds. The van der Waals surface area contributed by atoms with Crippen molar-refractivity contribution in [2.24, 2.45) is 0 Å². The highest BCUT2D eigenvalue weighted by Gasteiger charge is 2.34. The molecule has 0 bridgehead atoms. The first-order valence-electron chi connectivity index (χ1n) is 13.3. The zero-order chi connectivity index (χ0) is 26.2. The van der Waals surface area contributed by atoms with Crippen molar-refractivity contribution < 1.29 is 14.7 Å². The van der Waals surface area contributed by atoms with E-state index in [1.54, 1.807) is 18.2 Å². The van der Waals surface area contributed by atoms with Gasteiger partial charge in [-0.2, -0.15) is 0 Å². The number of rotatable bonds is 3. The fourth-order valence-electron chi connectivity index (χ4n) is 6.16. The lowest BCUT2D eigenvalue weighted by molar-refractivity contribution is 0.0729. The Hall–Kier alpha value is -3.45. The molecule has 1 saturated heterocycles. The van der Waals surface area contributed by atoms with Crippen molar-refractivity contribution in [1.29, 1.82) is 0 Å². The van der Waals surface area contributed by atoms with Crippen LogP contribution in [-0.4, -0.2) is 62.7 Å². The second-order valence-corrected chi connectivity index (χ2v) is 11.1. The van der Waals surface area contributed by atoms with E-state index in [9.17, 15) is 14.7 Å². The summed E-state index contributed by atoms with van der Waals surface area (Å²) in [6.45, 7) is 2.15. The van der Waals surface area contributed by atoms with Crippen LogP contribution in [0, 0.1) is 0 Å². The van der Waals surface area contributed by atoms with Gasteiger partial charge in [0.05, 0.1) is 0 Å². The molecular weight excluding hydrogens is 496 g/mol. The Labute approximate surface area is 225 Å². The van der Waals surface area contributed by atoms with Crippen molar-refractivity contribution in [3.8, 4) is 5.75 Å². The van der Waals surface area contributed by atoms with E-state index >= 15 is 0 Å². The smallest absolute Gasteiger partial charge is 0.322 e. The van der Waals surface area contributed by atoms with Gasteiger partial charge in [-0.05, 0) is 71.9 Å². The van der Waals surface area contributed by atoms with E-state index < -0.39 is 0 Å². The molecule has 3 aliphatic heterocycles. The predicted molar refractivity (Wildman–Crippen MR) is 152 cm³/mol. The Morgan fingerprint density at radius 2 is 1.89 bits per heavy atom. The molecule has 3 aliphatic rings. The molecule has 194 valence electrons. The SMILES string of the molecule is O=C(c1cc(B2CCC(N3CCc4cc(O)ccc4NC3=O)CC2)ncn1)N1CCc2c(P)cccc2C1. The summed E-state index contributed by atoms with van der Waals surface area (Å²) in [7, 11) is 2.79. The van der Waals surface area contributed by atoms with Crippen LogP contribution in [-0.2, 0) is 19.4 Å². The minimum absolute atomic E-state index is 0.0472. The van der Waals surface area contributed by atoms with Crippen LogP contribution in [0.5, 0.6) is 5.75 Å². The number of hydrogen-bond acceptors (Lipinski definition) is 5. The molecular formula is C28H31BN5O3P. The highest BCUT2D eigenvalue weighted by atomic mass is 31.0. The van der Waals surface area contributed by atoms with Gasteiger partial charge in [0, 0.05) is 37.0 Å². The van der Waals surface area contributed by atoms with E-state index in [0.29, 0.717) is 31.7 Å². The topological polar surface area (TPSA) is 98.7 Å². The van der Waals surface area contributed by atoms with Crippen molar-refractivity contribution >= 4 is 44.5 Å². The molecule has 0 radical (unpaired) electrons. The normalized spacial score (nSPS) is 17.9. The third kappa shape index (κ3) is 4.87. The molecule has 1 unspecified atom stereocenters. The number of aromatic nitrogens is 2. The van der Waals surface area contributed by atoms with Crippen LogP contribution in [0.3, 0.4) is 0 Å². The number of nitrogens with zero attached hydrogens (tertiary/aromatic N) is 4. The van der Waals surface area contributed by atoms with Gasteiger partial charge in [0.25, 0.3) is 5.91 Å². The summed E-state index contributed by atoms with van der Waals surface area (Å²) in [6, 6.07) is 13.3. The lowest BCUT2D eigenvalue weighted by Gasteiger charge is -2.35. The molecule has 38 heavy (non-hydrogen) atoms. The zero-order valence-electron chi connectivity index (χ0n) is 21.3. The molecule has 1 fully saturated rings. The maximum Gasteiger partial charge on any atom is 0.322 e. The molecule has 0 spiro atoms. The minimum atomic E-state index is -0.0790. The molecule has 2 aromatic carbocycles. The predicted octanol–water partition coefficient (Wildman–Crippen LogP) is 2.84. The van der Waals surface area contributed by atoms with E-state index in [2.05, 4.69) is 36.7 Å². The number of nitrogens with one attached hydrogen (secondary N) is 1. The van der Waals surface area contributed by atoms with Gasteiger partial charge < -0.3 is 20.2 Å². The number of amides is 3. The average molecular weight is 527 g/mol. The van der Waals surface area contributed by atoms with E-state index in [1.165, 1.54) is 22.8 Å².